The molecule has 2 heterocycles. The summed E-state index contributed by atoms with van der Waals surface area (Å²) in [5.41, 5.74) is 9.55. The SMILES string of the molecule is Cc1cc2c(cc1Br)c1ccccc1c1nc(C)c(-c3c(C)cccc3C)n21. The van der Waals surface area contributed by atoms with E-state index >= 15 is 0 Å². The van der Waals surface area contributed by atoms with Crippen molar-refractivity contribution in [1.82, 2.24) is 9.38 Å². The maximum atomic E-state index is 5.05. The number of benzene rings is 3. The molecule has 0 fully saturated rings. The van der Waals surface area contributed by atoms with E-state index in [0.29, 0.717) is 0 Å². The Morgan fingerprint density at radius 2 is 1.43 bits per heavy atom. The first-order valence-electron chi connectivity index (χ1n) is 9.53. The molecule has 0 saturated carbocycles. The Kier molecular flexibility index (Phi) is 3.85. The van der Waals surface area contributed by atoms with Gasteiger partial charge in [-0.2, -0.15) is 0 Å². The molecule has 0 atom stereocenters. The second-order valence-electron chi connectivity index (χ2n) is 7.64. The molecule has 0 bridgehead atoms. The van der Waals surface area contributed by atoms with E-state index in [1.54, 1.807) is 0 Å². The minimum atomic E-state index is 1.03. The summed E-state index contributed by atoms with van der Waals surface area (Å²) in [5.74, 6) is 0. The highest BCUT2D eigenvalue weighted by atomic mass is 79.9. The van der Waals surface area contributed by atoms with Gasteiger partial charge in [-0.05, 0) is 61.9 Å². The van der Waals surface area contributed by atoms with Gasteiger partial charge in [-0.25, -0.2) is 4.98 Å². The fourth-order valence-corrected chi connectivity index (χ4v) is 4.75. The lowest BCUT2D eigenvalue weighted by molar-refractivity contribution is 1.23. The molecule has 0 saturated heterocycles. The fourth-order valence-electron chi connectivity index (χ4n) is 4.41. The molecule has 0 aliphatic heterocycles. The van der Waals surface area contributed by atoms with Crippen LogP contribution in [-0.4, -0.2) is 9.38 Å². The molecule has 0 N–H and O–H groups in total. The van der Waals surface area contributed by atoms with Gasteiger partial charge in [0.15, 0.2) is 0 Å². The molecule has 0 unspecified atom stereocenters. The maximum Gasteiger partial charge on any atom is 0.145 e. The van der Waals surface area contributed by atoms with Crippen molar-refractivity contribution in [3.8, 4) is 11.3 Å². The number of nitrogens with zero attached hydrogens (tertiary/aromatic N) is 2. The zero-order chi connectivity index (χ0) is 19.6. The molecule has 5 rings (SSSR count). The normalized spacial score (nSPS) is 11.8. The summed E-state index contributed by atoms with van der Waals surface area (Å²) in [6.45, 7) is 8.64. The third kappa shape index (κ3) is 2.36. The van der Waals surface area contributed by atoms with Crippen LogP contribution in [-0.2, 0) is 0 Å². The molecule has 3 aromatic carbocycles. The minimum absolute atomic E-state index is 1.03. The quantitative estimate of drug-likeness (QED) is 0.256. The van der Waals surface area contributed by atoms with Crippen LogP contribution in [0.5, 0.6) is 0 Å². The summed E-state index contributed by atoms with van der Waals surface area (Å²) in [4.78, 5) is 5.05. The first-order valence-corrected chi connectivity index (χ1v) is 10.3. The molecule has 2 nitrogen and oxygen atoms in total. The van der Waals surface area contributed by atoms with Crippen molar-refractivity contribution < 1.29 is 0 Å². The van der Waals surface area contributed by atoms with Crippen LogP contribution in [0.25, 0.3) is 38.6 Å². The van der Waals surface area contributed by atoms with E-state index in [0.717, 1.165) is 15.8 Å². The summed E-state index contributed by atoms with van der Waals surface area (Å²) in [6.07, 6.45) is 0. The average Bonchev–Trinajstić information content (AvgIpc) is 3.01. The largest absolute Gasteiger partial charge is 0.291 e. The molecule has 0 spiro atoms. The topological polar surface area (TPSA) is 17.3 Å². The molecular weight excluding hydrogens is 408 g/mol. The van der Waals surface area contributed by atoms with Crippen molar-refractivity contribution in [2.24, 2.45) is 0 Å². The maximum absolute atomic E-state index is 5.05. The Bertz CT molecular complexity index is 1390. The first kappa shape index (κ1) is 17.4. The van der Waals surface area contributed by atoms with Crippen LogP contribution in [0.2, 0.25) is 0 Å². The molecular formula is C25H21BrN2. The number of imidazole rings is 1. The molecule has 0 radical (unpaired) electrons. The zero-order valence-corrected chi connectivity index (χ0v) is 18.1. The van der Waals surface area contributed by atoms with Gasteiger partial charge >= 0.3 is 0 Å². The second-order valence-corrected chi connectivity index (χ2v) is 8.49. The van der Waals surface area contributed by atoms with E-state index < -0.39 is 0 Å². The summed E-state index contributed by atoms with van der Waals surface area (Å²) in [5, 5.41) is 3.67. The first-order chi connectivity index (χ1) is 13.5. The zero-order valence-electron chi connectivity index (χ0n) is 16.5. The van der Waals surface area contributed by atoms with Crippen LogP contribution in [0.1, 0.15) is 22.4 Å². The number of aromatic nitrogens is 2. The van der Waals surface area contributed by atoms with Crippen LogP contribution in [0.15, 0.2) is 59.1 Å². The minimum Gasteiger partial charge on any atom is -0.291 e. The Balaban J connectivity index is 2.11. The van der Waals surface area contributed by atoms with Gasteiger partial charge in [-0.1, -0.05) is 58.4 Å². The summed E-state index contributed by atoms with van der Waals surface area (Å²) in [7, 11) is 0. The van der Waals surface area contributed by atoms with Gasteiger partial charge in [0.2, 0.25) is 0 Å². The van der Waals surface area contributed by atoms with Gasteiger partial charge in [0.25, 0.3) is 0 Å². The number of halogens is 1. The van der Waals surface area contributed by atoms with Crippen molar-refractivity contribution >= 4 is 43.3 Å². The molecule has 0 amide bonds. The third-order valence-corrected chi connectivity index (χ3v) is 6.60. The lowest BCUT2D eigenvalue weighted by Gasteiger charge is -2.15. The lowest BCUT2D eigenvalue weighted by atomic mass is 9.98. The Labute approximate surface area is 173 Å². The van der Waals surface area contributed by atoms with Gasteiger partial charge < -0.3 is 0 Å². The van der Waals surface area contributed by atoms with Crippen LogP contribution >= 0.6 is 15.9 Å². The number of rotatable bonds is 1. The van der Waals surface area contributed by atoms with Gasteiger partial charge in [0, 0.05) is 20.8 Å². The predicted octanol–water partition coefficient (Wildman–Crippen LogP) is 7.30. The molecule has 3 heteroatoms. The summed E-state index contributed by atoms with van der Waals surface area (Å²) >= 11 is 3.73. The number of aryl methyl sites for hydroxylation is 4. The highest BCUT2D eigenvalue weighted by molar-refractivity contribution is 9.10. The van der Waals surface area contributed by atoms with E-state index in [9.17, 15) is 0 Å². The summed E-state index contributed by atoms with van der Waals surface area (Å²) in [6, 6.07) is 19.6. The summed E-state index contributed by atoms with van der Waals surface area (Å²) < 4.78 is 3.50. The van der Waals surface area contributed by atoms with Crippen LogP contribution in [0.3, 0.4) is 0 Å². The van der Waals surface area contributed by atoms with Crippen molar-refractivity contribution in [2.45, 2.75) is 27.7 Å². The number of pyridine rings is 1. The van der Waals surface area contributed by atoms with Crippen molar-refractivity contribution in [1.29, 1.82) is 0 Å². The lowest BCUT2D eigenvalue weighted by Crippen LogP contribution is -1.98. The molecule has 2 aromatic heterocycles. The average molecular weight is 429 g/mol. The van der Waals surface area contributed by atoms with Gasteiger partial charge in [0.05, 0.1) is 16.9 Å². The van der Waals surface area contributed by atoms with E-state index in [1.807, 2.05) is 0 Å². The number of fused-ring (bicyclic) bond motifs is 6. The van der Waals surface area contributed by atoms with Crippen LogP contribution in [0.4, 0.5) is 0 Å². The highest BCUT2D eigenvalue weighted by Crippen LogP contribution is 2.38. The number of hydrogen-bond donors (Lipinski definition) is 0. The fraction of sp³-hybridized carbons (Fsp3) is 0.160. The van der Waals surface area contributed by atoms with Gasteiger partial charge in [-0.3, -0.25) is 4.40 Å². The molecule has 5 aromatic rings. The van der Waals surface area contributed by atoms with Crippen LogP contribution < -0.4 is 0 Å². The van der Waals surface area contributed by atoms with E-state index in [2.05, 4.69) is 103 Å². The van der Waals surface area contributed by atoms with Crippen molar-refractivity contribution in [2.75, 3.05) is 0 Å². The predicted molar refractivity (Wildman–Crippen MR) is 122 cm³/mol. The molecule has 138 valence electrons. The Morgan fingerprint density at radius 1 is 0.750 bits per heavy atom. The van der Waals surface area contributed by atoms with E-state index in [1.165, 1.54) is 49.6 Å². The smallest absolute Gasteiger partial charge is 0.145 e. The highest BCUT2D eigenvalue weighted by Gasteiger charge is 2.20. The van der Waals surface area contributed by atoms with E-state index in [-0.39, 0.29) is 0 Å². The second kappa shape index (κ2) is 6.18. The molecule has 28 heavy (non-hydrogen) atoms. The third-order valence-electron chi connectivity index (χ3n) is 5.75. The van der Waals surface area contributed by atoms with Crippen molar-refractivity contribution in [3.63, 3.8) is 0 Å². The van der Waals surface area contributed by atoms with E-state index in [4.69, 9.17) is 4.98 Å². The molecule has 0 aliphatic carbocycles. The standard InChI is InChI=1S/C25H21BrN2/c1-14-8-7-9-15(2)23(14)24-17(4)27-25-19-11-6-5-10-18(19)20-13-21(26)16(3)12-22(20)28(24)25/h5-13H,1-4H3. The van der Waals surface area contributed by atoms with Crippen molar-refractivity contribution in [3.05, 3.63) is 81.5 Å². The Hall–Kier alpha value is -2.65. The Morgan fingerprint density at radius 3 is 2.14 bits per heavy atom. The molecule has 0 aliphatic rings. The van der Waals surface area contributed by atoms with Gasteiger partial charge in [0.1, 0.15) is 5.65 Å². The van der Waals surface area contributed by atoms with Gasteiger partial charge in [-0.15, -0.1) is 0 Å². The monoisotopic (exact) mass is 428 g/mol. The number of hydrogen-bond acceptors (Lipinski definition) is 1. The van der Waals surface area contributed by atoms with Crippen LogP contribution in [0, 0.1) is 27.7 Å².